The molecule has 0 saturated heterocycles. The van der Waals surface area contributed by atoms with E-state index in [-0.39, 0.29) is 11.7 Å². The molecule has 0 aliphatic rings. The number of carbonyl (C=O) groups excluding carboxylic acids is 1. The van der Waals surface area contributed by atoms with Crippen LogP contribution in [0.1, 0.15) is 21.6 Å². The molecule has 0 fully saturated rings. The number of hydrogen-bond acceptors (Lipinski definition) is 2. The Bertz CT molecular complexity index is 808. The van der Waals surface area contributed by atoms with E-state index in [2.05, 4.69) is 10.3 Å². The van der Waals surface area contributed by atoms with E-state index in [9.17, 15) is 9.18 Å². The molecule has 0 bridgehead atoms. The van der Waals surface area contributed by atoms with Crippen LogP contribution in [0.15, 0.2) is 48.8 Å². The molecule has 5 heteroatoms. The van der Waals surface area contributed by atoms with Gasteiger partial charge in [0, 0.05) is 30.9 Å². The number of imidazole rings is 1. The van der Waals surface area contributed by atoms with Crippen molar-refractivity contribution in [3.63, 3.8) is 0 Å². The zero-order valence-corrected chi connectivity index (χ0v) is 12.2. The molecule has 1 amide bonds. The van der Waals surface area contributed by atoms with Gasteiger partial charge in [-0.05, 0) is 48.9 Å². The lowest BCUT2D eigenvalue weighted by Gasteiger charge is -2.03. The summed E-state index contributed by atoms with van der Waals surface area (Å²) in [5.41, 5.74) is 3.44. The normalized spacial score (nSPS) is 10.8. The van der Waals surface area contributed by atoms with E-state index >= 15 is 0 Å². The summed E-state index contributed by atoms with van der Waals surface area (Å²) in [6, 6.07) is 9.53. The standard InChI is InChI=1S/C17H16FN3O/c1-12-7-9-21-11-15(20-16(21)10-12)6-8-19-17(22)13-2-4-14(18)5-3-13/h2-5,7,9-11H,6,8H2,1H3,(H,19,22). The van der Waals surface area contributed by atoms with E-state index in [0.717, 1.165) is 16.9 Å². The Morgan fingerprint density at radius 1 is 1.27 bits per heavy atom. The quantitative estimate of drug-likeness (QED) is 0.805. The van der Waals surface area contributed by atoms with Gasteiger partial charge in [0.2, 0.25) is 0 Å². The second kappa shape index (κ2) is 5.97. The first kappa shape index (κ1) is 14.3. The third kappa shape index (κ3) is 3.14. The molecule has 3 rings (SSSR count). The monoisotopic (exact) mass is 297 g/mol. The van der Waals surface area contributed by atoms with Gasteiger partial charge in [0.15, 0.2) is 0 Å². The second-order valence-corrected chi connectivity index (χ2v) is 5.21. The van der Waals surface area contributed by atoms with Gasteiger partial charge in [-0.3, -0.25) is 4.79 Å². The molecule has 1 N–H and O–H groups in total. The number of rotatable bonds is 4. The third-order valence-electron chi connectivity index (χ3n) is 3.44. The lowest BCUT2D eigenvalue weighted by Crippen LogP contribution is -2.25. The fourth-order valence-electron chi connectivity index (χ4n) is 2.26. The lowest BCUT2D eigenvalue weighted by molar-refractivity contribution is 0.0954. The Kier molecular flexibility index (Phi) is 3.87. The molecule has 0 radical (unpaired) electrons. The molecular formula is C17H16FN3O. The number of nitrogens with one attached hydrogen (secondary N) is 1. The number of hydrogen-bond donors (Lipinski definition) is 1. The van der Waals surface area contributed by atoms with Gasteiger partial charge in [-0.15, -0.1) is 0 Å². The molecule has 22 heavy (non-hydrogen) atoms. The zero-order valence-electron chi connectivity index (χ0n) is 12.2. The SMILES string of the molecule is Cc1ccn2cc(CCNC(=O)c3ccc(F)cc3)nc2c1. The summed E-state index contributed by atoms with van der Waals surface area (Å²) in [6.45, 7) is 2.51. The highest BCUT2D eigenvalue weighted by Gasteiger charge is 2.06. The minimum absolute atomic E-state index is 0.209. The van der Waals surface area contributed by atoms with Crippen LogP contribution in [0.3, 0.4) is 0 Å². The van der Waals surface area contributed by atoms with Crippen molar-refractivity contribution in [3.8, 4) is 0 Å². The summed E-state index contributed by atoms with van der Waals surface area (Å²) in [5, 5.41) is 2.81. The molecule has 4 nitrogen and oxygen atoms in total. The summed E-state index contributed by atoms with van der Waals surface area (Å²) in [7, 11) is 0. The van der Waals surface area contributed by atoms with Crippen molar-refractivity contribution < 1.29 is 9.18 Å². The Labute approximate surface area is 127 Å². The maximum atomic E-state index is 12.8. The molecule has 2 aromatic heterocycles. The molecule has 2 heterocycles. The van der Waals surface area contributed by atoms with Crippen LogP contribution < -0.4 is 5.32 Å². The van der Waals surface area contributed by atoms with Gasteiger partial charge in [0.25, 0.3) is 5.91 Å². The highest BCUT2D eigenvalue weighted by molar-refractivity contribution is 5.94. The molecule has 0 atom stereocenters. The Morgan fingerprint density at radius 2 is 2.05 bits per heavy atom. The number of nitrogens with zero attached hydrogens (tertiary/aromatic N) is 2. The first-order valence-electron chi connectivity index (χ1n) is 7.10. The molecule has 0 aliphatic heterocycles. The lowest BCUT2D eigenvalue weighted by atomic mass is 10.2. The van der Waals surface area contributed by atoms with E-state index < -0.39 is 0 Å². The Balaban J connectivity index is 1.59. The maximum Gasteiger partial charge on any atom is 0.251 e. The summed E-state index contributed by atoms with van der Waals surface area (Å²) in [4.78, 5) is 16.4. The highest BCUT2D eigenvalue weighted by atomic mass is 19.1. The largest absolute Gasteiger partial charge is 0.352 e. The fourth-order valence-corrected chi connectivity index (χ4v) is 2.26. The van der Waals surface area contributed by atoms with Crippen molar-refractivity contribution in [2.75, 3.05) is 6.54 Å². The predicted molar refractivity (Wildman–Crippen MR) is 82.4 cm³/mol. The summed E-state index contributed by atoms with van der Waals surface area (Å²) in [5.74, 6) is -0.559. The smallest absolute Gasteiger partial charge is 0.251 e. The number of carbonyl (C=O) groups is 1. The van der Waals surface area contributed by atoms with E-state index in [1.165, 1.54) is 24.3 Å². The average molecular weight is 297 g/mol. The second-order valence-electron chi connectivity index (χ2n) is 5.21. The van der Waals surface area contributed by atoms with Crippen LogP contribution in [0, 0.1) is 12.7 Å². The topological polar surface area (TPSA) is 46.4 Å². The van der Waals surface area contributed by atoms with Gasteiger partial charge in [0.05, 0.1) is 5.69 Å². The minimum atomic E-state index is -0.350. The van der Waals surface area contributed by atoms with Crippen LogP contribution in [0.25, 0.3) is 5.65 Å². The molecule has 3 aromatic rings. The maximum absolute atomic E-state index is 12.8. The molecule has 0 aliphatic carbocycles. The van der Waals surface area contributed by atoms with Gasteiger partial charge in [-0.1, -0.05) is 0 Å². The predicted octanol–water partition coefficient (Wildman–Crippen LogP) is 2.75. The van der Waals surface area contributed by atoms with Gasteiger partial charge in [0.1, 0.15) is 11.5 Å². The van der Waals surface area contributed by atoms with Crippen molar-refractivity contribution in [1.29, 1.82) is 0 Å². The first-order chi connectivity index (χ1) is 10.6. The van der Waals surface area contributed by atoms with Crippen molar-refractivity contribution in [2.45, 2.75) is 13.3 Å². The van der Waals surface area contributed by atoms with Crippen LogP contribution in [0.5, 0.6) is 0 Å². The fraction of sp³-hybridized carbons (Fsp3) is 0.176. The Morgan fingerprint density at radius 3 is 2.82 bits per heavy atom. The van der Waals surface area contributed by atoms with Crippen molar-refractivity contribution in [1.82, 2.24) is 14.7 Å². The number of amides is 1. The first-order valence-corrected chi connectivity index (χ1v) is 7.10. The molecule has 1 aromatic carbocycles. The van der Waals surface area contributed by atoms with Gasteiger partial charge in [-0.25, -0.2) is 9.37 Å². The minimum Gasteiger partial charge on any atom is -0.352 e. The van der Waals surface area contributed by atoms with E-state index in [1.54, 1.807) is 0 Å². The van der Waals surface area contributed by atoms with Gasteiger partial charge >= 0.3 is 0 Å². The average Bonchev–Trinajstić information content (AvgIpc) is 2.89. The van der Waals surface area contributed by atoms with E-state index in [4.69, 9.17) is 0 Å². The van der Waals surface area contributed by atoms with E-state index in [1.807, 2.05) is 35.9 Å². The molecule has 0 saturated carbocycles. The third-order valence-corrected chi connectivity index (χ3v) is 3.44. The van der Waals surface area contributed by atoms with Gasteiger partial charge in [-0.2, -0.15) is 0 Å². The number of fused-ring (bicyclic) bond motifs is 1. The highest BCUT2D eigenvalue weighted by Crippen LogP contribution is 2.08. The number of halogens is 1. The number of aromatic nitrogens is 2. The molecular weight excluding hydrogens is 281 g/mol. The van der Waals surface area contributed by atoms with Crippen molar-refractivity contribution >= 4 is 11.6 Å². The number of pyridine rings is 1. The van der Waals surface area contributed by atoms with E-state index in [0.29, 0.717) is 18.5 Å². The van der Waals surface area contributed by atoms with Crippen LogP contribution >= 0.6 is 0 Å². The molecule has 0 unspecified atom stereocenters. The van der Waals surface area contributed by atoms with Crippen LogP contribution in [-0.4, -0.2) is 21.8 Å². The van der Waals surface area contributed by atoms with Crippen molar-refractivity contribution in [2.24, 2.45) is 0 Å². The summed E-state index contributed by atoms with van der Waals surface area (Å²) < 4.78 is 14.8. The number of benzene rings is 1. The zero-order chi connectivity index (χ0) is 15.5. The molecule has 112 valence electrons. The van der Waals surface area contributed by atoms with Crippen LogP contribution in [0.4, 0.5) is 4.39 Å². The van der Waals surface area contributed by atoms with Gasteiger partial charge < -0.3 is 9.72 Å². The van der Waals surface area contributed by atoms with Crippen LogP contribution in [-0.2, 0) is 6.42 Å². The van der Waals surface area contributed by atoms with Crippen molar-refractivity contribution in [3.05, 3.63) is 71.4 Å². The summed E-state index contributed by atoms with van der Waals surface area (Å²) >= 11 is 0. The number of aryl methyl sites for hydroxylation is 1. The molecule has 0 spiro atoms. The summed E-state index contributed by atoms with van der Waals surface area (Å²) in [6.07, 6.45) is 4.57. The Hall–Kier alpha value is -2.69. The van der Waals surface area contributed by atoms with Crippen LogP contribution in [0.2, 0.25) is 0 Å².